The van der Waals surface area contributed by atoms with E-state index in [-0.39, 0.29) is 5.91 Å². The van der Waals surface area contributed by atoms with E-state index in [4.69, 9.17) is 11.6 Å². The van der Waals surface area contributed by atoms with Crippen molar-refractivity contribution in [1.82, 2.24) is 0 Å². The van der Waals surface area contributed by atoms with E-state index >= 15 is 0 Å². The van der Waals surface area contributed by atoms with Crippen molar-refractivity contribution in [3.05, 3.63) is 29.8 Å². The monoisotopic (exact) mass is 275 g/mol. The van der Waals surface area contributed by atoms with Gasteiger partial charge in [-0.25, -0.2) is 3.93 Å². The van der Waals surface area contributed by atoms with Gasteiger partial charge in [0, 0.05) is 12.5 Å². The van der Waals surface area contributed by atoms with Crippen LogP contribution in [-0.4, -0.2) is 11.1 Å². The van der Waals surface area contributed by atoms with Crippen molar-refractivity contribution in [2.24, 2.45) is 0 Å². The molecule has 0 saturated carbocycles. The van der Waals surface area contributed by atoms with Crippen LogP contribution in [0.1, 0.15) is 17.3 Å². The van der Waals surface area contributed by atoms with Gasteiger partial charge in [0.2, 0.25) is 5.91 Å². The van der Waals surface area contributed by atoms with Crippen LogP contribution in [0, 0.1) is 0 Å². The maximum Gasteiger partial charge on any atom is 0.252 e. The quantitative estimate of drug-likeness (QED) is 0.615. The van der Waals surface area contributed by atoms with E-state index in [1.54, 1.807) is 24.3 Å². The maximum absolute atomic E-state index is 10.9. The van der Waals surface area contributed by atoms with Crippen LogP contribution in [0.15, 0.2) is 24.3 Å². The fraction of sp³-hybridized carbons (Fsp3) is 0.111. The number of carbonyl (C=O) groups is 2. The molecule has 0 aromatic heterocycles. The molecule has 0 fully saturated rings. The molecule has 0 spiro atoms. The number of nitrogens with zero attached hydrogens (tertiary/aromatic N) is 1. The van der Waals surface area contributed by atoms with Gasteiger partial charge in [0.05, 0.1) is 21.8 Å². The molecule has 3 nitrogen and oxygen atoms in total. The van der Waals surface area contributed by atoms with E-state index in [1.165, 1.54) is 10.8 Å². The Kier molecular flexibility index (Phi) is 3.66. The van der Waals surface area contributed by atoms with Gasteiger partial charge < -0.3 is 0 Å². The first-order chi connectivity index (χ1) is 6.52. The van der Waals surface area contributed by atoms with Gasteiger partial charge in [-0.15, -0.1) is 0 Å². The van der Waals surface area contributed by atoms with Gasteiger partial charge in [-0.3, -0.25) is 9.59 Å². The standard InChI is InChI=1S/C9H7BrClNO2/c1-6(13)12(10)8-4-2-7(3-5-8)9(11)14/h2-5H,1H3. The Hall–Kier alpha value is -0.870. The third-order valence-corrected chi connectivity index (χ3v) is 2.72. The number of amides is 1. The number of hydrogen-bond acceptors (Lipinski definition) is 2. The van der Waals surface area contributed by atoms with Crippen LogP contribution in [0.2, 0.25) is 0 Å². The van der Waals surface area contributed by atoms with Crippen LogP contribution < -0.4 is 3.93 Å². The lowest BCUT2D eigenvalue weighted by molar-refractivity contribution is -0.115. The van der Waals surface area contributed by atoms with Crippen LogP contribution >= 0.6 is 27.7 Å². The summed E-state index contributed by atoms with van der Waals surface area (Å²) in [6, 6.07) is 6.38. The van der Waals surface area contributed by atoms with Crippen molar-refractivity contribution in [1.29, 1.82) is 0 Å². The first-order valence-corrected chi connectivity index (χ1v) is 4.87. The molecule has 0 bridgehead atoms. The minimum absolute atomic E-state index is 0.144. The lowest BCUT2D eigenvalue weighted by atomic mass is 10.2. The lowest BCUT2D eigenvalue weighted by Crippen LogP contribution is -2.15. The molecule has 0 heterocycles. The fourth-order valence-corrected chi connectivity index (χ4v) is 1.27. The number of hydrogen-bond donors (Lipinski definition) is 0. The van der Waals surface area contributed by atoms with Crippen LogP contribution in [-0.2, 0) is 4.79 Å². The summed E-state index contributed by atoms with van der Waals surface area (Å²) in [5.74, 6) is -0.144. The maximum atomic E-state index is 10.9. The fourth-order valence-electron chi connectivity index (χ4n) is 0.905. The molecule has 0 atom stereocenters. The van der Waals surface area contributed by atoms with Crippen molar-refractivity contribution >= 4 is 44.6 Å². The molecule has 0 aliphatic rings. The summed E-state index contributed by atoms with van der Waals surface area (Å²) in [6.07, 6.45) is 0. The molecular formula is C9H7BrClNO2. The van der Waals surface area contributed by atoms with Crippen molar-refractivity contribution < 1.29 is 9.59 Å². The molecule has 0 radical (unpaired) electrons. The van der Waals surface area contributed by atoms with Gasteiger partial charge in [-0.1, -0.05) is 0 Å². The topological polar surface area (TPSA) is 37.4 Å². The Labute approximate surface area is 95.0 Å². The van der Waals surface area contributed by atoms with E-state index in [0.717, 1.165) is 0 Å². The normalized spacial score (nSPS) is 9.64. The molecular weight excluding hydrogens is 269 g/mol. The predicted octanol–water partition coefficient (Wildman–Crippen LogP) is 2.73. The predicted molar refractivity (Wildman–Crippen MR) is 58.7 cm³/mol. The SMILES string of the molecule is CC(=O)N(Br)c1ccc(C(=O)Cl)cc1. The van der Waals surface area contributed by atoms with Crippen molar-refractivity contribution in [3.63, 3.8) is 0 Å². The number of carbonyl (C=O) groups excluding carboxylic acids is 2. The van der Waals surface area contributed by atoms with Crippen LogP contribution in [0.5, 0.6) is 0 Å². The highest BCUT2D eigenvalue weighted by Crippen LogP contribution is 2.19. The van der Waals surface area contributed by atoms with Gasteiger partial charge >= 0.3 is 0 Å². The number of rotatable bonds is 2. The summed E-state index contributed by atoms with van der Waals surface area (Å²) < 4.78 is 1.30. The zero-order chi connectivity index (χ0) is 10.7. The van der Waals surface area contributed by atoms with Gasteiger partial charge in [0.1, 0.15) is 0 Å². The third-order valence-electron chi connectivity index (χ3n) is 1.60. The van der Waals surface area contributed by atoms with E-state index in [2.05, 4.69) is 16.1 Å². The Morgan fingerprint density at radius 1 is 1.29 bits per heavy atom. The smallest absolute Gasteiger partial charge is 0.252 e. The molecule has 0 saturated heterocycles. The third kappa shape index (κ3) is 2.56. The molecule has 0 aliphatic carbocycles. The second-order valence-electron chi connectivity index (χ2n) is 2.62. The summed E-state index contributed by atoms with van der Waals surface area (Å²) in [4.78, 5) is 21.7. The van der Waals surface area contributed by atoms with Crippen molar-refractivity contribution in [2.75, 3.05) is 3.93 Å². The number of benzene rings is 1. The molecule has 74 valence electrons. The zero-order valence-electron chi connectivity index (χ0n) is 7.33. The summed E-state index contributed by atoms with van der Waals surface area (Å²) in [7, 11) is 0. The van der Waals surface area contributed by atoms with Gasteiger partial charge in [-0.2, -0.15) is 0 Å². The summed E-state index contributed by atoms with van der Waals surface area (Å²) in [6.45, 7) is 1.43. The highest BCUT2D eigenvalue weighted by atomic mass is 79.9. The molecule has 0 aliphatic heterocycles. The minimum Gasteiger partial charge on any atom is -0.276 e. The van der Waals surface area contributed by atoms with Gasteiger partial charge in [-0.05, 0) is 35.9 Å². The van der Waals surface area contributed by atoms with Gasteiger partial charge in [0.25, 0.3) is 5.24 Å². The van der Waals surface area contributed by atoms with Crippen molar-refractivity contribution in [2.45, 2.75) is 6.92 Å². The summed E-state index contributed by atoms with van der Waals surface area (Å²) in [5.41, 5.74) is 1.05. The molecule has 1 rings (SSSR count). The Balaban J connectivity index is 2.94. The highest BCUT2D eigenvalue weighted by molar-refractivity contribution is 9.10. The van der Waals surface area contributed by atoms with E-state index in [9.17, 15) is 9.59 Å². The van der Waals surface area contributed by atoms with E-state index in [1.807, 2.05) is 0 Å². The largest absolute Gasteiger partial charge is 0.276 e. The molecule has 5 heteroatoms. The molecule has 0 unspecified atom stereocenters. The van der Waals surface area contributed by atoms with Crippen LogP contribution in [0.25, 0.3) is 0 Å². The Bertz CT molecular complexity index is 364. The molecule has 1 aromatic carbocycles. The average molecular weight is 277 g/mol. The Morgan fingerprint density at radius 3 is 2.14 bits per heavy atom. The number of halogens is 2. The van der Waals surface area contributed by atoms with Crippen LogP contribution in [0.3, 0.4) is 0 Å². The second-order valence-corrected chi connectivity index (χ2v) is 3.67. The molecule has 1 aromatic rings. The number of anilines is 1. The zero-order valence-corrected chi connectivity index (χ0v) is 9.67. The Morgan fingerprint density at radius 2 is 1.79 bits per heavy atom. The summed E-state index contributed by atoms with van der Waals surface area (Å²) in [5, 5.41) is -0.513. The summed E-state index contributed by atoms with van der Waals surface area (Å²) >= 11 is 8.34. The van der Waals surface area contributed by atoms with Gasteiger partial charge in [0.15, 0.2) is 0 Å². The first kappa shape index (κ1) is 11.2. The van der Waals surface area contributed by atoms with Crippen LogP contribution in [0.4, 0.5) is 5.69 Å². The first-order valence-electron chi connectivity index (χ1n) is 3.78. The molecule has 14 heavy (non-hydrogen) atoms. The average Bonchev–Trinajstić information content (AvgIpc) is 2.16. The van der Waals surface area contributed by atoms with E-state index in [0.29, 0.717) is 11.3 Å². The van der Waals surface area contributed by atoms with Crippen molar-refractivity contribution in [3.8, 4) is 0 Å². The minimum atomic E-state index is -0.513. The van der Waals surface area contributed by atoms with E-state index < -0.39 is 5.24 Å². The lowest BCUT2D eigenvalue weighted by Gasteiger charge is -2.11. The molecule has 1 amide bonds. The second kappa shape index (κ2) is 4.57. The molecule has 0 N–H and O–H groups in total. The highest BCUT2D eigenvalue weighted by Gasteiger charge is 2.08.